The number of sulfonamides is 1. The largest absolute Gasteiger partial charge is 0.326 e. The van der Waals surface area contributed by atoms with Crippen LogP contribution >= 0.6 is 0 Å². The molecule has 0 saturated carbocycles. The first-order valence-corrected chi connectivity index (χ1v) is 10.7. The van der Waals surface area contributed by atoms with Gasteiger partial charge < -0.3 is 5.32 Å². The van der Waals surface area contributed by atoms with Crippen molar-refractivity contribution in [1.82, 2.24) is 4.31 Å². The topological polar surface area (TPSA) is 66.5 Å². The fraction of sp³-hybridized carbons (Fsp3) is 0.286. The van der Waals surface area contributed by atoms with Crippen LogP contribution in [0.3, 0.4) is 0 Å². The molecule has 140 valence electrons. The van der Waals surface area contributed by atoms with Gasteiger partial charge >= 0.3 is 0 Å². The molecule has 2 aromatic carbocycles. The van der Waals surface area contributed by atoms with E-state index >= 15 is 0 Å². The van der Waals surface area contributed by atoms with Gasteiger partial charge in [0.25, 0.3) is 0 Å². The van der Waals surface area contributed by atoms with Crippen LogP contribution in [0, 0.1) is 17.8 Å². The molecule has 3 rings (SSSR count). The van der Waals surface area contributed by atoms with E-state index in [1.165, 1.54) is 10.6 Å². The summed E-state index contributed by atoms with van der Waals surface area (Å²) in [5, 5.41) is 2.89. The molecule has 0 spiro atoms. The van der Waals surface area contributed by atoms with Crippen molar-refractivity contribution in [2.75, 3.05) is 24.7 Å². The van der Waals surface area contributed by atoms with Gasteiger partial charge in [0.15, 0.2) is 0 Å². The zero-order chi connectivity index (χ0) is 19.3. The number of carbonyl (C=O) groups excluding carboxylic acids is 1. The Morgan fingerprint density at radius 1 is 1.07 bits per heavy atom. The van der Waals surface area contributed by atoms with Gasteiger partial charge in [-0.2, -0.15) is 0 Å². The van der Waals surface area contributed by atoms with Gasteiger partial charge in [0.05, 0.1) is 12.2 Å². The third-order valence-electron chi connectivity index (χ3n) is 4.48. The highest BCUT2D eigenvalue weighted by Gasteiger charge is 2.30. The number of anilines is 1. The lowest BCUT2D eigenvalue weighted by Gasteiger charge is -2.30. The van der Waals surface area contributed by atoms with Crippen LogP contribution in [0.15, 0.2) is 54.6 Å². The SMILES string of the molecule is CS(=O)(=O)N1CCCC(C(=O)Nc2cccc(C#Cc3ccccc3)c2)C1. The average molecular weight is 382 g/mol. The predicted octanol–water partition coefficient (Wildman–Crippen LogP) is 2.70. The maximum absolute atomic E-state index is 12.6. The zero-order valence-corrected chi connectivity index (χ0v) is 16.0. The fourth-order valence-electron chi connectivity index (χ4n) is 3.04. The average Bonchev–Trinajstić information content (AvgIpc) is 2.67. The number of amides is 1. The minimum absolute atomic E-state index is 0.156. The van der Waals surface area contributed by atoms with Gasteiger partial charge in [0.1, 0.15) is 0 Å². The number of piperidine rings is 1. The lowest BCUT2D eigenvalue weighted by molar-refractivity contribution is -0.120. The summed E-state index contributed by atoms with van der Waals surface area (Å²) in [6.45, 7) is 0.714. The Bertz CT molecular complexity index is 975. The highest BCUT2D eigenvalue weighted by atomic mass is 32.2. The van der Waals surface area contributed by atoms with Crippen LogP contribution in [-0.4, -0.2) is 38.0 Å². The molecule has 1 atom stereocenters. The van der Waals surface area contributed by atoms with E-state index in [-0.39, 0.29) is 18.4 Å². The van der Waals surface area contributed by atoms with Crippen LogP contribution in [0.25, 0.3) is 0 Å². The van der Waals surface area contributed by atoms with Crippen molar-refractivity contribution >= 4 is 21.6 Å². The lowest BCUT2D eigenvalue weighted by Crippen LogP contribution is -2.43. The van der Waals surface area contributed by atoms with Crippen LogP contribution in [0.5, 0.6) is 0 Å². The minimum Gasteiger partial charge on any atom is -0.326 e. The van der Waals surface area contributed by atoms with Gasteiger partial charge in [-0.25, -0.2) is 12.7 Å². The minimum atomic E-state index is -3.27. The molecule has 6 heteroatoms. The number of hydrogen-bond donors (Lipinski definition) is 1. The monoisotopic (exact) mass is 382 g/mol. The summed E-state index contributed by atoms with van der Waals surface area (Å²) >= 11 is 0. The van der Waals surface area contributed by atoms with Crippen LogP contribution in [0.4, 0.5) is 5.69 Å². The molecule has 0 aromatic heterocycles. The van der Waals surface area contributed by atoms with Gasteiger partial charge in [-0.3, -0.25) is 4.79 Å². The maximum atomic E-state index is 12.6. The summed E-state index contributed by atoms with van der Waals surface area (Å²) in [6, 6.07) is 17.1. The molecule has 27 heavy (non-hydrogen) atoms. The molecule has 1 fully saturated rings. The van der Waals surface area contributed by atoms with Crippen LogP contribution in [0.1, 0.15) is 24.0 Å². The highest BCUT2D eigenvalue weighted by Crippen LogP contribution is 2.21. The highest BCUT2D eigenvalue weighted by molar-refractivity contribution is 7.88. The molecule has 1 heterocycles. The Kier molecular flexibility index (Phi) is 5.94. The molecular formula is C21H22N2O3S. The molecule has 0 aliphatic carbocycles. The zero-order valence-electron chi connectivity index (χ0n) is 15.2. The number of rotatable bonds is 3. The van der Waals surface area contributed by atoms with E-state index in [1.807, 2.05) is 54.6 Å². The standard InChI is InChI=1S/C21H22N2O3S/c1-27(25,26)23-14-6-10-19(16-23)21(24)22-20-11-5-9-18(15-20)13-12-17-7-3-2-4-8-17/h2-5,7-9,11,15,19H,6,10,14,16H2,1H3,(H,22,24). The van der Waals surface area contributed by atoms with Gasteiger partial charge in [0.2, 0.25) is 15.9 Å². The molecule has 1 aliphatic rings. The molecule has 1 aliphatic heterocycles. The molecule has 0 radical (unpaired) electrons. The summed E-state index contributed by atoms with van der Waals surface area (Å²) in [5.41, 5.74) is 2.39. The first kappa shape index (κ1) is 19.2. The summed E-state index contributed by atoms with van der Waals surface area (Å²) in [4.78, 5) is 12.6. The quantitative estimate of drug-likeness (QED) is 0.830. The van der Waals surface area contributed by atoms with Crippen molar-refractivity contribution in [3.8, 4) is 11.8 Å². The van der Waals surface area contributed by atoms with Crippen molar-refractivity contribution in [1.29, 1.82) is 0 Å². The molecule has 1 unspecified atom stereocenters. The van der Waals surface area contributed by atoms with E-state index in [9.17, 15) is 13.2 Å². The second-order valence-electron chi connectivity index (χ2n) is 6.65. The molecule has 1 amide bonds. The Morgan fingerprint density at radius 2 is 1.78 bits per heavy atom. The lowest BCUT2D eigenvalue weighted by atomic mass is 9.98. The van der Waals surface area contributed by atoms with Crippen LogP contribution in [0.2, 0.25) is 0 Å². The summed E-state index contributed by atoms with van der Waals surface area (Å²) in [6.07, 6.45) is 2.56. The first-order chi connectivity index (χ1) is 12.9. The van der Waals surface area contributed by atoms with Gasteiger partial charge in [-0.05, 0) is 43.2 Å². The van der Waals surface area contributed by atoms with Crippen molar-refractivity contribution in [2.45, 2.75) is 12.8 Å². The molecule has 2 aromatic rings. The van der Waals surface area contributed by atoms with Crippen LogP contribution < -0.4 is 5.32 Å². The van der Waals surface area contributed by atoms with E-state index in [0.29, 0.717) is 25.1 Å². The van der Waals surface area contributed by atoms with E-state index in [0.717, 1.165) is 11.1 Å². The summed E-state index contributed by atoms with van der Waals surface area (Å²) in [7, 11) is -3.27. The van der Waals surface area contributed by atoms with E-state index in [1.54, 1.807) is 0 Å². The Labute approximate surface area is 160 Å². The molecule has 1 N–H and O–H groups in total. The number of hydrogen-bond acceptors (Lipinski definition) is 3. The molecule has 1 saturated heterocycles. The predicted molar refractivity (Wildman–Crippen MR) is 107 cm³/mol. The van der Waals surface area contributed by atoms with Crippen molar-refractivity contribution in [3.05, 3.63) is 65.7 Å². The Hall–Kier alpha value is -2.62. The van der Waals surface area contributed by atoms with E-state index in [2.05, 4.69) is 17.2 Å². The van der Waals surface area contributed by atoms with Crippen molar-refractivity contribution in [3.63, 3.8) is 0 Å². The summed E-state index contributed by atoms with van der Waals surface area (Å²) < 4.78 is 24.8. The normalized spacial score (nSPS) is 17.6. The van der Waals surface area contributed by atoms with E-state index < -0.39 is 10.0 Å². The molecule has 5 nitrogen and oxygen atoms in total. The number of nitrogens with one attached hydrogen (secondary N) is 1. The second kappa shape index (κ2) is 8.38. The van der Waals surface area contributed by atoms with Crippen molar-refractivity contribution in [2.24, 2.45) is 5.92 Å². The van der Waals surface area contributed by atoms with Gasteiger partial charge in [0, 0.05) is 29.9 Å². The van der Waals surface area contributed by atoms with E-state index in [4.69, 9.17) is 0 Å². The maximum Gasteiger partial charge on any atom is 0.228 e. The second-order valence-corrected chi connectivity index (χ2v) is 8.63. The fourth-order valence-corrected chi connectivity index (χ4v) is 3.95. The summed E-state index contributed by atoms with van der Waals surface area (Å²) in [5.74, 6) is 5.69. The number of carbonyl (C=O) groups is 1. The van der Waals surface area contributed by atoms with Gasteiger partial charge in [-0.1, -0.05) is 36.1 Å². The third kappa shape index (κ3) is 5.43. The van der Waals surface area contributed by atoms with Gasteiger partial charge in [-0.15, -0.1) is 0 Å². The number of benzene rings is 2. The van der Waals surface area contributed by atoms with Crippen molar-refractivity contribution < 1.29 is 13.2 Å². The first-order valence-electron chi connectivity index (χ1n) is 8.85. The number of nitrogens with zero attached hydrogens (tertiary/aromatic N) is 1. The molecule has 0 bridgehead atoms. The Morgan fingerprint density at radius 3 is 2.52 bits per heavy atom. The third-order valence-corrected chi connectivity index (χ3v) is 5.75. The smallest absolute Gasteiger partial charge is 0.228 e. The molecular weight excluding hydrogens is 360 g/mol. The Balaban J connectivity index is 1.67. The van der Waals surface area contributed by atoms with Crippen LogP contribution in [-0.2, 0) is 14.8 Å².